The summed E-state index contributed by atoms with van der Waals surface area (Å²) in [4.78, 5) is 8.91. The van der Waals surface area contributed by atoms with Crippen LogP contribution < -0.4 is 5.32 Å². The molecule has 0 amide bonds. The number of nitrogens with one attached hydrogen (secondary N) is 2. The molecule has 3 saturated carbocycles. The first kappa shape index (κ1) is 42.7. The zero-order chi connectivity index (χ0) is 44.2. The van der Waals surface area contributed by atoms with Crippen LogP contribution in [-0.2, 0) is 37.6 Å². The summed E-state index contributed by atoms with van der Waals surface area (Å²) in [5.41, 5.74) is 8.05. The van der Waals surface area contributed by atoms with Crippen LogP contribution >= 0.6 is 0 Å². The molecular formula is C55H65N3O6. The highest BCUT2D eigenvalue weighted by atomic mass is 16.3. The Morgan fingerprint density at radius 1 is 0.797 bits per heavy atom. The number of aliphatic hydroxyl groups excluding tert-OH is 1. The zero-order valence-electron chi connectivity index (χ0n) is 37.3. The molecule has 9 heteroatoms. The van der Waals surface area contributed by atoms with Gasteiger partial charge in [-0.1, -0.05) is 93.3 Å². The molecule has 64 heavy (non-hydrogen) atoms. The molecule has 1 aromatic heterocycles. The van der Waals surface area contributed by atoms with E-state index in [4.69, 9.17) is 4.98 Å². The molecule has 8 N–H and O–H groups in total. The van der Waals surface area contributed by atoms with Crippen LogP contribution in [0.2, 0.25) is 0 Å². The summed E-state index contributed by atoms with van der Waals surface area (Å²) in [7, 11) is 0. The number of aliphatic hydroxyl groups is 1. The first-order chi connectivity index (χ1) is 31.1. The third-order valence-corrected chi connectivity index (χ3v) is 17.2. The predicted molar refractivity (Wildman–Crippen MR) is 252 cm³/mol. The minimum Gasteiger partial charge on any atom is -0.507 e. The highest BCUT2D eigenvalue weighted by molar-refractivity contribution is 6.03. The monoisotopic (exact) mass is 863 g/mol. The molecule has 0 bridgehead atoms. The highest BCUT2D eigenvalue weighted by Gasteiger charge is 2.72. The van der Waals surface area contributed by atoms with Gasteiger partial charge >= 0.3 is 0 Å². The van der Waals surface area contributed by atoms with E-state index in [1.807, 2.05) is 18.5 Å². The van der Waals surface area contributed by atoms with Gasteiger partial charge in [0.15, 0.2) is 23.0 Å². The van der Waals surface area contributed by atoms with Crippen LogP contribution in [0.4, 0.5) is 0 Å². The Kier molecular flexibility index (Phi) is 11.3. The summed E-state index contributed by atoms with van der Waals surface area (Å²) in [5, 5.41) is 70.9. The van der Waals surface area contributed by atoms with Gasteiger partial charge in [-0.3, -0.25) is 0 Å². The molecule has 5 aliphatic carbocycles. The molecule has 336 valence electrons. The van der Waals surface area contributed by atoms with Gasteiger partial charge < -0.3 is 40.9 Å². The first-order valence-electron chi connectivity index (χ1n) is 24.2. The van der Waals surface area contributed by atoms with E-state index in [-0.39, 0.29) is 56.3 Å². The number of aryl methyl sites for hydroxylation is 3. The number of phenolic OH excluding ortho intramolecular Hbond substituents is 5. The summed E-state index contributed by atoms with van der Waals surface area (Å²) < 4.78 is 0. The van der Waals surface area contributed by atoms with Gasteiger partial charge in [0, 0.05) is 35.7 Å². The number of hydrogen-bond donors (Lipinski definition) is 8. The zero-order valence-corrected chi connectivity index (χ0v) is 37.3. The summed E-state index contributed by atoms with van der Waals surface area (Å²) in [6.45, 7) is 3.76. The molecule has 5 aromatic rings. The lowest BCUT2D eigenvalue weighted by molar-refractivity contribution is -0.150. The fourth-order valence-corrected chi connectivity index (χ4v) is 14.5. The fraction of sp³-hybridized carbons (Fsp3) is 0.473. The molecule has 10 rings (SSSR count). The van der Waals surface area contributed by atoms with Gasteiger partial charge in [0.25, 0.3) is 0 Å². The van der Waals surface area contributed by atoms with Crippen molar-refractivity contribution < 1.29 is 30.6 Å². The van der Waals surface area contributed by atoms with Gasteiger partial charge in [0.05, 0.1) is 23.5 Å². The van der Waals surface area contributed by atoms with E-state index in [9.17, 15) is 30.6 Å². The normalized spacial score (nSPS) is 28.2. The number of nitrogens with zero attached hydrogens (tertiary/aromatic N) is 1. The molecule has 2 spiro atoms. The number of hydrogen-bond acceptors (Lipinski definition) is 8. The molecule has 1 heterocycles. The average molecular weight is 864 g/mol. The third kappa shape index (κ3) is 6.83. The van der Waals surface area contributed by atoms with Crippen molar-refractivity contribution in [2.45, 2.75) is 128 Å². The maximum atomic E-state index is 12.4. The Balaban J connectivity index is 0.970. The van der Waals surface area contributed by atoms with E-state index in [0.29, 0.717) is 46.8 Å². The van der Waals surface area contributed by atoms with Gasteiger partial charge in [-0.2, -0.15) is 0 Å². The minimum atomic E-state index is -0.493. The van der Waals surface area contributed by atoms with Crippen molar-refractivity contribution in [3.63, 3.8) is 0 Å². The number of imidazole rings is 1. The number of unbranched alkanes of at least 4 members (excludes halogenated alkanes) is 2. The highest BCUT2D eigenvalue weighted by Crippen LogP contribution is 2.74. The second-order valence-electron chi connectivity index (χ2n) is 20.1. The van der Waals surface area contributed by atoms with Crippen molar-refractivity contribution in [1.82, 2.24) is 15.3 Å². The number of phenols is 5. The van der Waals surface area contributed by atoms with Crippen LogP contribution in [0, 0.1) is 28.6 Å². The lowest BCUT2D eigenvalue weighted by Crippen LogP contribution is -2.68. The quantitative estimate of drug-likeness (QED) is 0.0251. The van der Waals surface area contributed by atoms with Crippen molar-refractivity contribution in [2.24, 2.45) is 28.6 Å². The molecule has 0 unspecified atom stereocenters. The molecule has 0 radical (unpaired) electrons. The van der Waals surface area contributed by atoms with E-state index < -0.39 is 6.10 Å². The van der Waals surface area contributed by atoms with Crippen molar-refractivity contribution in [3.05, 3.63) is 118 Å². The molecule has 3 fully saturated rings. The predicted octanol–water partition coefficient (Wildman–Crippen LogP) is 10.7. The minimum absolute atomic E-state index is 0.0998. The SMILES string of the molecule is CCCCCc1cc(CCc2c(O)c(O)c3c(O)cccc3c2/C=C/c2ccc(O)c(O)c2)ccc1CNC[C@@]12c3nc[nH]c3CC[C@@H]3CCC[C@]31CC[C@@]13CCC[C@H]1C=C[C@H](O)[C@H]32. The maximum absolute atomic E-state index is 12.4. The summed E-state index contributed by atoms with van der Waals surface area (Å²) in [6.07, 6.45) is 27.0. The standard InChI is InChI=1S/C55H65N3O6/c1-2-3-4-8-36-29-34(15-21-42-40(20-14-35-16-23-44(59)47(62)30-35)41-11-5-12-45(60)48(41)50(64)49(42)63)13-17-37(36)31-56-32-55-51-46(61)24-19-38-9-6-25-53(38,51)27-28-54(55)26-7-10-39(54)18-22-43-52(55)58-33-57-43/h5,11-14,16-17,19-20,23-24,29-30,33,38-39,46,51,56,59-64H,2-4,6-10,15,18,21-22,25-28,31-32H2,1H3,(H,57,58)/b20-14+/t38-,39-,46-,51+,53-,54-,55+/m0/s1. The number of allylic oxidation sites excluding steroid dienone is 1. The molecule has 7 atom stereocenters. The van der Waals surface area contributed by atoms with Crippen LogP contribution in [0.3, 0.4) is 0 Å². The topological polar surface area (TPSA) is 162 Å². The van der Waals surface area contributed by atoms with E-state index in [2.05, 4.69) is 47.6 Å². The van der Waals surface area contributed by atoms with Gasteiger partial charge in [-0.15, -0.1) is 0 Å². The number of aromatic nitrogens is 2. The lowest BCUT2D eigenvalue weighted by Gasteiger charge is -2.66. The van der Waals surface area contributed by atoms with Crippen molar-refractivity contribution in [1.29, 1.82) is 0 Å². The van der Waals surface area contributed by atoms with Crippen molar-refractivity contribution >= 4 is 22.9 Å². The van der Waals surface area contributed by atoms with Gasteiger partial charge in [0.1, 0.15) is 5.75 Å². The molecule has 0 aliphatic heterocycles. The van der Waals surface area contributed by atoms with E-state index in [0.717, 1.165) is 50.8 Å². The first-order valence-corrected chi connectivity index (χ1v) is 24.2. The largest absolute Gasteiger partial charge is 0.507 e. The van der Waals surface area contributed by atoms with Gasteiger partial charge in [-0.05, 0) is 151 Å². The van der Waals surface area contributed by atoms with Crippen LogP contribution in [0.15, 0.2) is 73.1 Å². The Morgan fingerprint density at radius 2 is 1.67 bits per heavy atom. The Labute approximate surface area is 377 Å². The average Bonchev–Trinajstić information content (AvgIpc) is 4.04. The second-order valence-corrected chi connectivity index (χ2v) is 20.1. The van der Waals surface area contributed by atoms with E-state index in [1.54, 1.807) is 18.2 Å². The number of aromatic hydroxyl groups is 5. The van der Waals surface area contributed by atoms with Gasteiger partial charge in [-0.25, -0.2) is 4.98 Å². The molecule has 4 aromatic carbocycles. The number of benzene rings is 4. The van der Waals surface area contributed by atoms with Gasteiger partial charge in [0.2, 0.25) is 0 Å². The number of fused-ring (bicyclic) bond motifs is 4. The summed E-state index contributed by atoms with van der Waals surface area (Å²) in [6, 6.07) is 16.4. The second kappa shape index (κ2) is 17.0. The number of H-pyrrole nitrogens is 1. The maximum Gasteiger partial charge on any atom is 0.169 e. The van der Waals surface area contributed by atoms with Crippen LogP contribution in [0.1, 0.15) is 129 Å². The smallest absolute Gasteiger partial charge is 0.169 e. The number of rotatable bonds is 13. The Hall–Kier alpha value is -5.25. The lowest BCUT2D eigenvalue weighted by atomic mass is 9.38. The van der Waals surface area contributed by atoms with Crippen molar-refractivity contribution in [3.8, 4) is 28.7 Å². The Bertz CT molecular complexity index is 2610. The van der Waals surface area contributed by atoms with Crippen LogP contribution in [0.25, 0.3) is 22.9 Å². The molecule has 0 saturated heterocycles. The molecule has 9 nitrogen and oxygen atoms in total. The number of aromatic amines is 1. The Morgan fingerprint density at radius 3 is 2.53 bits per heavy atom. The van der Waals surface area contributed by atoms with E-state index in [1.165, 1.54) is 98.5 Å². The summed E-state index contributed by atoms with van der Waals surface area (Å²) in [5.74, 6) is 0.0686. The molecular weight excluding hydrogens is 799 g/mol. The fourth-order valence-electron chi connectivity index (χ4n) is 14.5. The van der Waals surface area contributed by atoms with Crippen LogP contribution in [0.5, 0.6) is 28.7 Å². The van der Waals surface area contributed by atoms with Crippen molar-refractivity contribution in [2.75, 3.05) is 6.54 Å². The summed E-state index contributed by atoms with van der Waals surface area (Å²) >= 11 is 0. The van der Waals surface area contributed by atoms with E-state index >= 15 is 0 Å². The molecule has 5 aliphatic rings. The third-order valence-electron chi connectivity index (χ3n) is 17.2. The van der Waals surface area contributed by atoms with Crippen LogP contribution in [-0.4, -0.2) is 53.3 Å².